The molecule has 0 saturated heterocycles. The molecular formula is C24H25N5O3. The number of carbonyl (C=O) groups is 1. The first-order chi connectivity index (χ1) is 15.6. The molecule has 4 rings (SSSR count). The summed E-state index contributed by atoms with van der Waals surface area (Å²) >= 11 is 0. The predicted molar refractivity (Wildman–Crippen MR) is 121 cm³/mol. The highest BCUT2D eigenvalue weighted by atomic mass is 16.5. The van der Waals surface area contributed by atoms with Gasteiger partial charge in [-0.15, -0.1) is 0 Å². The summed E-state index contributed by atoms with van der Waals surface area (Å²) in [4.78, 5) is 27.5. The number of ether oxygens (including phenoxy) is 1. The monoisotopic (exact) mass is 431 g/mol. The molecule has 0 fully saturated rings. The Labute approximate surface area is 185 Å². The minimum Gasteiger partial charge on any atom is -0.494 e. The molecule has 1 amide bonds. The summed E-state index contributed by atoms with van der Waals surface area (Å²) in [5.41, 5.74) is 2.55. The first-order valence-electron chi connectivity index (χ1n) is 10.6. The van der Waals surface area contributed by atoms with E-state index in [2.05, 4.69) is 10.2 Å². The van der Waals surface area contributed by atoms with Gasteiger partial charge in [0, 0.05) is 18.7 Å². The smallest absolute Gasteiger partial charge is 0.293 e. The third kappa shape index (κ3) is 4.54. The Morgan fingerprint density at radius 2 is 1.81 bits per heavy atom. The fourth-order valence-electron chi connectivity index (χ4n) is 3.49. The van der Waals surface area contributed by atoms with Crippen molar-refractivity contribution >= 4 is 11.4 Å². The number of rotatable bonds is 8. The summed E-state index contributed by atoms with van der Waals surface area (Å²) in [6.45, 7) is 5.35. The van der Waals surface area contributed by atoms with Crippen LogP contribution in [0.1, 0.15) is 19.4 Å². The molecule has 32 heavy (non-hydrogen) atoms. The Morgan fingerprint density at radius 3 is 2.50 bits per heavy atom. The largest absolute Gasteiger partial charge is 0.494 e. The van der Waals surface area contributed by atoms with E-state index in [4.69, 9.17) is 4.74 Å². The SMILES string of the molecule is CCOc1ccc(-c2cc3c(=O)n(CC(=O)N(CC)Cc4ccccc4)ncn3n2)cc1. The number of fused-ring (bicyclic) bond motifs is 1. The lowest BCUT2D eigenvalue weighted by atomic mass is 10.1. The first-order valence-corrected chi connectivity index (χ1v) is 10.6. The molecule has 8 nitrogen and oxygen atoms in total. The van der Waals surface area contributed by atoms with Crippen molar-refractivity contribution in [1.29, 1.82) is 0 Å². The van der Waals surface area contributed by atoms with E-state index in [1.807, 2.05) is 68.4 Å². The molecule has 0 N–H and O–H groups in total. The third-order valence-corrected chi connectivity index (χ3v) is 5.19. The fraction of sp³-hybridized carbons (Fsp3) is 0.250. The van der Waals surface area contributed by atoms with Gasteiger partial charge in [-0.05, 0) is 49.7 Å². The maximum Gasteiger partial charge on any atom is 0.293 e. The first kappa shape index (κ1) is 21.3. The number of amides is 1. The number of hydrogen-bond acceptors (Lipinski definition) is 5. The van der Waals surface area contributed by atoms with Gasteiger partial charge in [0.05, 0.1) is 12.3 Å². The van der Waals surface area contributed by atoms with Crippen LogP contribution in [-0.4, -0.2) is 43.4 Å². The van der Waals surface area contributed by atoms with E-state index in [0.717, 1.165) is 16.9 Å². The van der Waals surface area contributed by atoms with Gasteiger partial charge < -0.3 is 9.64 Å². The maximum atomic E-state index is 13.0. The van der Waals surface area contributed by atoms with Crippen LogP contribution in [0.5, 0.6) is 5.75 Å². The molecule has 0 aliphatic rings. The molecule has 164 valence electrons. The average molecular weight is 431 g/mol. The van der Waals surface area contributed by atoms with E-state index in [9.17, 15) is 9.59 Å². The molecule has 0 radical (unpaired) electrons. The highest BCUT2D eigenvalue weighted by Crippen LogP contribution is 2.21. The molecular weight excluding hydrogens is 406 g/mol. The summed E-state index contributed by atoms with van der Waals surface area (Å²) in [6, 6.07) is 19.0. The topological polar surface area (TPSA) is 81.7 Å². The minimum atomic E-state index is -0.360. The van der Waals surface area contributed by atoms with E-state index in [0.29, 0.717) is 30.9 Å². The Balaban J connectivity index is 1.55. The summed E-state index contributed by atoms with van der Waals surface area (Å²) in [7, 11) is 0. The lowest BCUT2D eigenvalue weighted by Crippen LogP contribution is -2.37. The zero-order valence-corrected chi connectivity index (χ0v) is 18.1. The Hall–Kier alpha value is -3.94. The third-order valence-electron chi connectivity index (χ3n) is 5.19. The van der Waals surface area contributed by atoms with E-state index < -0.39 is 0 Å². The molecule has 0 spiro atoms. The van der Waals surface area contributed by atoms with Crippen molar-refractivity contribution in [3.8, 4) is 17.0 Å². The van der Waals surface area contributed by atoms with Crippen molar-refractivity contribution in [3.05, 3.63) is 82.9 Å². The number of aromatic nitrogens is 4. The second kappa shape index (κ2) is 9.47. The zero-order chi connectivity index (χ0) is 22.5. The molecule has 2 aromatic heterocycles. The molecule has 0 saturated carbocycles. The number of carbonyl (C=O) groups excluding carboxylic acids is 1. The van der Waals surface area contributed by atoms with Crippen LogP contribution in [0.25, 0.3) is 16.8 Å². The molecule has 0 unspecified atom stereocenters. The van der Waals surface area contributed by atoms with E-state index in [1.165, 1.54) is 15.5 Å². The second-order valence-corrected chi connectivity index (χ2v) is 7.30. The van der Waals surface area contributed by atoms with E-state index in [-0.39, 0.29) is 18.0 Å². The van der Waals surface area contributed by atoms with Crippen molar-refractivity contribution < 1.29 is 9.53 Å². The van der Waals surface area contributed by atoms with Gasteiger partial charge in [0.1, 0.15) is 24.1 Å². The average Bonchev–Trinajstić information content (AvgIpc) is 3.26. The van der Waals surface area contributed by atoms with Gasteiger partial charge in [0.15, 0.2) is 0 Å². The number of benzene rings is 2. The predicted octanol–water partition coefficient (Wildman–Crippen LogP) is 3.01. The van der Waals surface area contributed by atoms with Gasteiger partial charge in [0.25, 0.3) is 5.56 Å². The van der Waals surface area contributed by atoms with Crippen molar-refractivity contribution in [3.63, 3.8) is 0 Å². The van der Waals surface area contributed by atoms with Gasteiger partial charge >= 0.3 is 0 Å². The number of likely N-dealkylation sites (N-methyl/N-ethyl adjacent to an activating group) is 1. The van der Waals surface area contributed by atoms with Gasteiger partial charge in [-0.1, -0.05) is 30.3 Å². The van der Waals surface area contributed by atoms with Crippen molar-refractivity contribution in [2.75, 3.05) is 13.2 Å². The standard InChI is InChI=1S/C24H25N5O3/c1-3-27(15-18-8-6-5-7-9-18)23(30)16-28-24(31)22-14-21(26-29(22)17-25-28)19-10-12-20(13-11-19)32-4-2/h5-14,17H,3-4,15-16H2,1-2H3. The van der Waals surface area contributed by atoms with Crippen molar-refractivity contribution in [2.24, 2.45) is 0 Å². The Morgan fingerprint density at radius 1 is 1.06 bits per heavy atom. The summed E-state index contributed by atoms with van der Waals surface area (Å²) in [5.74, 6) is 0.611. The quantitative estimate of drug-likeness (QED) is 0.428. The van der Waals surface area contributed by atoms with Crippen molar-refractivity contribution in [1.82, 2.24) is 24.3 Å². The zero-order valence-electron chi connectivity index (χ0n) is 18.1. The van der Waals surface area contributed by atoms with Crippen LogP contribution in [0.15, 0.2) is 71.8 Å². The molecule has 0 bridgehead atoms. The highest BCUT2D eigenvalue weighted by Gasteiger charge is 2.16. The molecule has 8 heteroatoms. The van der Waals surface area contributed by atoms with Crippen molar-refractivity contribution in [2.45, 2.75) is 26.9 Å². The normalized spacial score (nSPS) is 10.9. The van der Waals surface area contributed by atoms with Gasteiger partial charge in [-0.25, -0.2) is 9.20 Å². The molecule has 0 aliphatic carbocycles. The lowest BCUT2D eigenvalue weighted by Gasteiger charge is -2.21. The molecule has 0 atom stereocenters. The van der Waals surface area contributed by atoms with Crippen LogP contribution in [-0.2, 0) is 17.9 Å². The number of hydrogen-bond donors (Lipinski definition) is 0. The van der Waals surface area contributed by atoms with Crippen LogP contribution in [0.4, 0.5) is 0 Å². The second-order valence-electron chi connectivity index (χ2n) is 7.30. The van der Waals surface area contributed by atoms with Gasteiger partial charge in [-0.2, -0.15) is 10.2 Å². The summed E-state index contributed by atoms with van der Waals surface area (Å²) in [6.07, 6.45) is 1.45. The highest BCUT2D eigenvalue weighted by molar-refractivity contribution is 5.76. The van der Waals surface area contributed by atoms with Crippen LogP contribution in [0.2, 0.25) is 0 Å². The minimum absolute atomic E-state index is 0.125. The van der Waals surface area contributed by atoms with Crippen LogP contribution in [0, 0.1) is 0 Å². The van der Waals surface area contributed by atoms with E-state index in [1.54, 1.807) is 11.0 Å². The van der Waals surface area contributed by atoms with Crippen LogP contribution < -0.4 is 10.3 Å². The van der Waals surface area contributed by atoms with Crippen LogP contribution >= 0.6 is 0 Å². The summed E-state index contributed by atoms with van der Waals surface area (Å²) in [5, 5.41) is 8.60. The van der Waals surface area contributed by atoms with E-state index >= 15 is 0 Å². The van der Waals surface area contributed by atoms with Gasteiger partial charge in [-0.3, -0.25) is 9.59 Å². The fourth-order valence-corrected chi connectivity index (χ4v) is 3.49. The lowest BCUT2D eigenvalue weighted by molar-refractivity contribution is -0.132. The molecule has 0 aliphatic heterocycles. The maximum absolute atomic E-state index is 13.0. The number of nitrogens with zero attached hydrogens (tertiary/aromatic N) is 5. The van der Waals surface area contributed by atoms with Crippen LogP contribution in [0.3, 0.4) is 0 Å². The molecule has 2 heterocycles. The summed E-state index contributed by atoms with van der Waals surface area (Å²) < 4.78 is 8.10. The Bertz CT molecular complexity index is 1260. The molecule has 2 aromatic carbocycles. The van der Waals surface area contributed by atoms with Gasteiger partial charge in [0.2, 0.25) is 5.91 Å². The molecule has 4 aromatic rings. The Kier molecular flexibility index (Phi) is 6.30.